The van der Waals surface area contributed by atoms with Crippen molar-refractivity contribution in [1.82, 2.24) is 4.67 Å². The van der Waals surface area contributed by atoms with Crippen LogP contribution >= 0.6 is 6.98 Å². The van der Waals surface area contributed by atoms with Crippen molar-refractivity contribution in [1.29, 1.82) is 0 Å². The van der Waals surface area contributed by atoms with E-state index < -0.39 is 17.4 Å². The van der Waals surface area contributed by atoms with Gasteiger partial charge in [-0.15, -0.1) is 0 Å². The van der Waals surface area contributed by atoms with Crippen LogP contribution in [0, 0.1) is 0 Å². The summed E-state index contributed by atoms with van der Waals surface area (Å²) in [5, 5.41) is 0. The van der Waals surface area contributed by atoms with Crippen molar-refractivity contribution in [2.24, 2.45) is 0 Å². The number of hydrogen-bond donors (Lipinski definition) is 0. The summed E-state index contributed by atoms with van der Waals surface area (Å²) in [5.74, 6) is 0. The van der Waals surface area contributed by atoms with Gasteiger partial charge < -0.3 is 0 Å². The normalized spacial score (nSPS) is 15.1. The first kappa shape index (κ1) is 21.3. The fraction of sp³-hybridized carbons (Fsp3) is 1.00. The van der Waals surface area contributed by atoms with E-state index in [0.29, 0.717) is 6.42 Å². The van der Waals surface area contributed by atoms with Crippen LogP contribution in [0.25, 0.3) is 0 Å². The molecular formula is C14H34NO4PS. The average Bonchev–Trinajstić information content (AvgIpc) is 2.37. The predicted octanol–water partition coefficient (Wildman–Crippen LogP) is 3.85. The monoisotopic (exact) mass is 343 g/mol. The summed E-state index contributed by atoms with van der Waals surface area (Å²) in [4.78, 5) is 0. The first-order chi connectivity index (χ1) is 9.64. The van der Waals surface area contributed by atoms with Gasteiger partial charge in [0.2, 0.25) is 0 Å². The molecule has 0 rings (SSSR count). The maximum atomic E-state index is 12.2. The maximum absolute atomic E-state index is 12.2. The average molecular weight is 343 g/mol. The minimum absolute atomic E-state index is 0.192. The summed E-state index contributed by atoms with van der Waals surface area (Å²) in [6.07, 6.45) is 4.34. The third kappa shape index (κ3) is 6.91. The van der Waals surface area contributed by atoms with Crippen LogP contribution < -0.4 is 0 Å². The van der Waals surface area contributed by atoms with Gasteiger partial charge >= 0.3 is 131 Å². The van der Waals surface area contributed by atoms with Crippen LogP contribution in [0.3, 0.4) is 0 Å². The van der Waals surface area contributed by atoms with Gasteiger partial charge in [0.1, 0.15) is 0 Å². The second-order valence-electron chi connectivity index (χ2n) is 6.07. The molecule has 0 aliphatic rings. The molecule has 21 heavy (non-hydrogen) atoms. The van der Waals surface area contributed by atoms with Crippen LogP contribution in [0.2, 0.25) is 0 Å². The van der Waals surface area contributed by atoms with Gasteiger partial charge in [-0.1, -0.05) is 0 Å². The zero-order chi connectivity index (χ0) is 16.6. The third-order valence-electron chi connectivity index (χ3n) is 3.81. The van der Waals surface area contributed by atoms with Gasteiger partial charge in [-0.25, -0.2) is 0 Å². The van der Waals surface area contributed by atoms with E-state index >= 15 is 0 Å². The quantitative estimate of drug-likeness (QED) is 0.398. The fourth-order valence-electron chi connectivity index (χ4n) is 2.55. The van der Waals surface area contributed by atoms with Crippen molar-refractivity contribution in [3.05, 3.63) is 0 Å². The molecule has 0 saturated carbocycles. The van der Waals surface area contributed by atoms with Crippen LogP contribution in [-0.4, -0.2) is 52.3 Å². The standard InChI is InChI=1S/C14H34NO4PS/c1-7-11-13-18-21(16,17)19-20(5,6,14-12-8-2)15(9-3)10-4/h7-14H2,1-6H3. The number of unbranched alkanes of at least 4 members (excludes halogenated alkanes) is 2. The third-order valence-corrected chi connectivity index (χ3v) is 10.8. The molecule has 0 aliphatic heterocycles. The van der Waals surface area contributed by atoms with E-state index in [0.717, 1.165) is 38.5 Å². The Kier molecular flexibility index (Phi) is 8.89. The molecule has 0 fully saturated rings. The summed E-state index contributed by atoms with van der Waals surface area (Å²) in [5.41, 5.74) is 0. The van der Waals surface area contributed by atoms with Crippen molar-refractivity contribution >= 4 is 17.4 Å². The summed E-state index contributed by atoms with van der Waals surface area (Å²) in [7, 11) is -3.95. The van der Waals surface area contributed by atoms with E-state index in [-0.39, 0.29) is 6.61 Å². The van der Waals surface area contributed by atoms with Gasteiger partial charge in [-0.2, -0.15) is 0 Å². The molecule has 0 amide bonds. The first-order valence-electron chi connectivity index (χ1n) is 8.01. The molecule has 0 spiro atoms. The van der Waals surface area contributed by atoms with E-state index in [1.54, 1.807) is 0 Å². The van der Waals surface area contributed by atoms with Gasteiger partial charge in [0.05, 0.1) is 0 Å². The van der Waals surface area contributed by atoms with E-state index in [9.17, 15) is 8.42 Å². The second-order valence-corrected chi connectivity index (χ2v) is 13.1. The van der Waals surface area contributed by atoms with Crippen molar-refractivity contribution < 1.29 is 16.6 Å². The Bertz CT molecular complexity index is 394. The van der Waals surface area contributed by atoms with Crippen LogP contribution in [0.1, 0.15) is 53.4 Å². The molecule has 0 aromatic carbocycles. The zero-order valence-electron chi connectivity index (χ0n) is 14.6. The van der Waals surface area contributed by atoms with Crippen molar-refractivity contribution in [2.45, 2.75) is 53.4 Å². The molecule has 0 atom stereocenters. The Balaban J connectivity index is 5.23. The minimum atomic E-state index is -3.95. The van der Waals surface area contributed by atoms with E-state index in [1.807, 2.05) is 34.1 Å². The topological polar surface area (TPSA) is 55.8 Å². The van der Waals surface area contributed by atoms with Gasteiger partial charge in [0.25, 0.3) is 0 Å². The van der Waals surface area contributed by atoms with E-state index in [2.05, 4.69) is 11.6 Å². The molecule has 7 heteroatoms. The molecule has 0 aromatic heterocycles. The van der Waals surface area contributed by atoms with Crippen LogP contribution in [0.4, 0.5) is 0 Å². The second kappa shape index (κ2) is 8.78. The molecule has 0 bridgehead atoms. The summed E-state index contributed by atoms with van der Waals surface area (Å²) >= 11 is 0. The molecule has 0 radical (unpaired) electrons. The Labute approximate surface area is 131 Å². The van der Waals surface area contributed by atoms with Gasteiger partial charge in [0, 0.05) is 0 Å². The molecular weight excluding hydrogens is 309 g/mol. The van der Waals surface area contributed by atoms with Gasteiger partial charge in [-0.3, -0.25) is 0 Å². The van der Waals surface area contributed by atoms with E-state index in [4.69, 9.17) is 8.15 Å². The SMILES string of the molecule is CCCCOS(=O)(=O)OP(C)(C)(CCCC)N(CC)CC. The van der Waals surface area contributed by atoms with Crippen molar-refractivity contribution in [2.75, 3.05) is 39.2 Å². The van der Waals surface area contributed by atoms with E-state index in [1.165, 1.54) is 0 Å². The van der Waals surface area contributed by atoms with Crippen LogP contribution in [0.15, 0.2) is 0 Å². The van der Waals surface area contributed by atoms with Gasteiger partial charge in [-0.05, 0) is 0 Å². The number of hydrogen-bond acceptors (Lipinski definition) is 5. The Morgan fingerprint density at radius 1 is 0.952 bits per heavy atom. The Hall–Kier alpha value is 0.260. The first-order valence-corrected chi connectivity index (χ1v) is 12.5. The molecule has 0 aliphatic carbocycles. The zero-order valence-corrected chi connectivity index (χ0v) is 16.3. The summed E-state index contributed by atoms with van der Waals surface area (Å²) < 4.78 is 37.3. The molecule has 0 saturated heterocycles. The number of nitrogens with zero attached hydrogens (tertiary/aromatic N) is 1. The number of rotatable bonds is 12. The van der Waals surface area contributed by atoms with Crippen molar-refractivity contribution in [3.8, 4) is 0 Å². The summed E-state index contributed by atoms with van der Waals surface area (Å²) in [6.45, 7) is 10.9. The van der Waals surface area contributed by atoms with Crippen LogP contribution in [0.5, 0.6) is 0 Å². The molecule has 130 valence electrons. The predicted molar refractivity (Wildman–Crippen MR) is 92.3 cm³/mol. The molecule has 5 nitrogen and oxygen atoms in total. The van der Waals surface area contributed by atoms with Crippen molar-refractivity contribution in [3.63, 3.8) is 0 Å². The molecule has 0 aromatic rings. The van der Waals surface area contributed by atoms with Gasteiger partial charge in [0.15, 0.2) is 0 Å². The molecule has 0 N–H and O–H groups in total. The molecule has 0 unspecified atom stereocenters. The Morgan fingerprint density at radius 2 is 1.48 bits per heavy atom. The van der Waals surface area contributed by atoms with Crippen LogP contribution in [-0.2, 0) is 18.6 Å². The molecule has 0 heterocycles. The Morgan fingerprint density at radius 3 is 1.90 bits per heavy atom. The fourth-order valence-corrected chi connectivity index (χ4v) is 9.29. The summed E-state index contributed by atoms with van der Waals surface area (Å²) in [6, 6.07) is 0.